The third kappa shape index (κ3) is 2.59. The van der Waals surface area contributed by atoms with E-state index in [2.05, 4.69) is 43.4 Å². The summed E-state index contributed by atoms with van der Waals surface area (Å²) in [4.78, 5) is 13.6. The number of fused-ring (bicyclic) bond motifs is 1. The van der Waals surface area contributed by atoms with Crippen molar-refractivity contribution < 1.29 is 4.74 Å². The van der Waals surface area contributed by atoms with Crippen LogP contribution in [0.2, 0.25) is 0 Å². The van der Waals surface area contributed by atoms with Crippen LogP contribution >= 0.6 is 0 Å². The van der Waals surface area contributed by atoms with Crippen molar-refractivity contribution in [3.8, 4) is 11.3 Å². The number of anilines is 2. The molecule has 0 amide bonds. The fraction of sp³-hybridized carbons (Fsp3) is 0.333. The van der Waals surface area contributed by atoms with Crippen LogP contribution in [0.25, 0.3) is 16.9 Å². The van der Waals surface area contributed by atoms with Crippen molar-refractivity contribution in [2.24, 2.45) is 0 Å². The minimum atomic E-state index is 0.737. The Balaban J connectivity index is 1.80. The van der Waals surface area contributed by atoms with Gasteiger partial charge in [-0.25, -0.2) is 9.97 Å². The molecule has 0 bridgehead atoms. The summed E-state index contributed by atoms with van der Waals surface area (Å²) < 4.78 is 7.56. The molecular weight excluding hydrogens is 302 g/mol. The number of benzene rings is 1. The van der Waals surface area contributed by atoms with Gasteiger partial charge in [0.05, 0.1) is 25.1 Å². The summed E-state index contributed by atoms with van der Waals surface area (Å²) in [6, 6.07) is 8.45. The Hall–Kier alpha value is -2.60. The fourth-order valence-corrected chi connectivity index (χ4v) is 3.06. The molecule has 0 N–H and O–H groups in total. The van der Waals surface area contributed by atoms with Crippen LogP contribution in [0.15, 0.2) is 42.9 Å². The van der Waals surface area contributed by atoms with E-state index in [0.29, 0.717) is 0 Å². The molecule has 0 radical (unpaired) electrons. The van der Waals surface area contributed by atoms with Crippen LogP contribution in [0.4, 0.5) is 11.5 Å². The Bertz CT molecular complexity index is 851. The molecule has 24 heavy (non-hydrogen) atoms. The lowest BCUT2D eigenvalue weighted by atomic mass is 10.1. The topological polar surface area (TPSA) is 45.9 Å². The van der Waals surface area contributed by atoms with Gasteiger partial charge < -0.3 is 14.5 Å². The molecule has 6 heteroatoms. The molecule has 1 saturated heterocycles. The number of hydrogen-bond acceptors (Lipinski definition) is 5. The summed E-state index contributed by atoms with van der Waals surface area (Å²) in [5, 5.41) is 0. The minimum Gasteiger partial charge on any atom is -0.378 e. The smallest absolute Gasteiger partial charge is 0.180 e. The first-order valence-electron chi connectivity index (χ1n) is 8.16. The summed E-state index contributed by atoms with van der Waals surface area (Å²) in [6.07, 6.45) is 5.77. The molecule has 1 aliphatic rings. The van der Waals surface area contributed by atoms with Gasteiger partial charge in [0, 0.05) is 50.8 Å². The molecule has 0 unspecified atom stereocenters. The third-order valence-corrected chi connectivity index (χ3v) is 4.38. The molecule has 1 aromatic carbocycles. The Morgan fingerprint density at radius 2 is 1.96 bits per heavy atom. The lowest BCUT2D eigenvalue weighted by Gasteiger charge is -2.28. The molecule has 4 rings (SSSR count). The van der Waals surface area contributed by atoms with Crippen molar-refractivity contribution in [1.29, 1.82) is 0 Å². The number of nitrogens with zero attached hydrogens (tertiary/aromatic N) is 5. The number of hydrogen-bond donors (Lipinski definition) is 0. The highest BCUT2D eigenvalue weighted by Crippen LogP contribution is 2.27. The maximum Gasteiger partial charge on any atom is 0.180 e. The van der Waals surface area contributed by atoms with Crippen LogP contribution in [-0.4, -0.2) is 54.8 Å². The van der Waals surface area contributed by atoms with Crippen molar-refractivity contribution >= 4 is 17.2 Å². The second-order valence-electron chi connectivity index (χ2n) is 6.13. The second kappa shape index (κ2) is 6.13. The predicted octanol–water partition coefficient (Wildman–Crippen LogP) is 2.30. The van der Waals surface area contributed by atoms with E-state index < -0.39 is 0 Å². The van der Waals surface area contributed by atoms with Gasteiger partial charge >= 0.3 is 0 Å². The van der Waals surface area contributed by atoms with Gasteiger partial charge in [-0.05, 0) is 12.1 Å². The molecule has 3 aromatic rings. The molecular formula is C18H21N5O. The van der Waals surface area contributed by atoms with Crippen LogP contribution in [0.5, 0.6) is 0 Å². The van der Waals surface area contributed by atoms with Crippen LogP contribution in [0.3, 0.4) is 0 Å². The van der Waals surface area contributed by atoms with Crippen molar-refractivity contribution in [3.05, 3.63) is 42.9 Å². The van der Waals surface area contributed by atoms with Gasteiger partial charge in [0.25, 0.3) is 0 Å². The molecule has 1 fully saturated rings. The lowest BCUT2D eigenvalue weighted by molar-refractivity contribution is 0.122. The van der Waals surface area contributed by atoms with Gasteiger partial charge in [-0.15, -0.1) is 0 Å². The first-order valence-corrected chi connectivity index (χ1v) is 8.16. The van der Waals surface area contributed by atoms with E-state index in [1.165, 1.54) is 0 Å². The molecule has 2 aromatic heterocycles. The van der Waals surface area contributed by atoms with Crippen molar-refractivity contribution in [2.75, 3.05) is 50.2 Å². The Morgan fingerprint density at radius 1 is 1.12 bits per heavy atom. The number of imidazole rings is 1. The van der Waals surface area contributed by atoms with Crippen LogP contribution < -0.4 is 9.80 Å². The number of morpholine rings is 1. The summed E-state index contributed by atoms with van der Waals surface area (Å²) >= 11 is 0. The average Bonchev–Trinajstić information content (AvgIpc) is 3.11. The SMILES string of the molecule is CN(C)c1cccc(-c2cnc(N3CCOCC3)c3nccn23)c1. The van der Waals surface area contributed by atoms with Crippen LogP contribution in [0.1, 0.15) is 0 Å². The zero-order valence-corrected chi connectivity index (χ0v) is 14.0. The lowest BCUT2D eigenvalue weighted by Crippen LogP contribution is -2.37. The maximum absolute atomic E-state index is 5.44. The molecule has 0 saturated carbocycles. The highest BCUT2D eigenvalue weighted by atomic mass is 16.5. The quantitative estimate of drug-likeness (QED) is 0.740. The highest BCUT2D eigenvalue weighted by Gasteiger charge is 2.18. The molecule has 0 spiro atoms. The maximum atomic E-state index is 5.44. The van der Waals surface area contributed by atoms with E-state index in [1.54, 1.807) is 0 Å². The average molecular weight is 323 g/mol. The highest BCUT2D eigenvalue weighted by molar-refractivity contribution is 5.73. The molecule has 6 nitrogen and oxygen atoms in total. The van der Waals surface area contributed by atoms with Crippen LogP contribution in [0, 0.1) is 0 Å². The first kappa shape index (κ1) is 15.0. The van der Waals surface area contributed by atoms with E-state index in [4.69, 9.17) is 9.72 Å². The minimum absolute atomic E-state index is 0.737. The molecule has 1 aliphatic heterocycles. The molecule has 0 aliphatic carbocycles. The second-order valence-corrected chi connectivity index (χ2v) is 6.13. The Morgan fingerprint density at radius 3 is 2.75 bits per heavy atom. The monoisotopic (exact) mass is 323 g/mol. The molecule has 124 valence electrons. The summed E-state index contributed by atoms with van der Waals surface area (Å²) in [5.41, 5.74) is 4.23. The molecule has 0 atom stereocenters. The van der Waals surface area contributed by atoms with E-state index in [-0.39, 0.29) is 0 Å². The zero-order valence-electron chi connectivity index (χ0n) is 14.0. The van der Waals surface area contributed by atoms with E-state index in [9.17, 15) is 0 Å². The molecule has 3 heterocycles. The summed E-state index contributed by atoms with van der Waals surface area (Å²) in [7, 11) is 4.09. The summed E-state index contributed by atoms with van der Waals surface area (Å²) in [5.74, 6) is 0.927. The van der Waals surface area contributed by atoms with Gasteiger partial charge in [-0.3, -0.25) is 4.40 Å². The Labute approximate surface area is 141 Å². The van der Waals surface area contributed by atoms with Crippen molar-refractivity contribution in [1.82, 2.24) is 14.4 Å². The largest absolute Gasteiger partial charge is 0.378 e. The van der Waals surface area contributed by atoms with Crippen molar-refractivity contribution in [3.63, 3.8) is 0 Å². The number of ether oxygens (including phenoxy) is 1. The predicted molar refractivity (Wildman–Crippen MR) is 95.8 cm³/mol. The van der Waals surface area contributed by atoms with E-state index >= 15 is 0 Å². The van der Waals surface area contributed by atoms with Gasteiger partial charge in [0.1, 0.15) is 0 Å². The van der Waals surface area contributed by atoms with Crippen LogP contribution in [-0.2, 0) is 4.74 Å². The van der Waals surface area contributed by atoms with Crippen molar-refractivity contribution in [2.45, 2.75) is 0 Å². The van der Waals surface area contributed by atoms with Gasteiger partial charge in [0.2, 0.25) is 0 Å². The zero-order chi connectivity index (χ0) is 16.5. The van der Waals surface area contributed by atoms with Gasteiger partial charge in [0.15, 0.2) is 11.5 Å². The number of aromatic nitrogens is 3. The van der Waals surface area contributed by atoms with Gasteiger partial charge in [-0.1, -0.05) is 12.1 Å². The fourth-order valence-electron chi connectivity index (χ4n) is 3.06. The standard InChI is InChI=1S/C18H21N5O/c1-21(2)15-5-3-4-14(12-15)16-13-20-17(18-19-6-7-23(16)18)22-8-10-24-11-9-22/h3-7,12-13H,8-11H2,1-2H3. The normalized spacial score (nSPS) is 15.0. The summed E-state index contributed by atoms with van der Waals surface area (Å²) in [6.45, 7) is 3.18. The first-order chi connectivity index (χ1) is 11.7. The van der Waals surface area contributed by atoms with E-state index in [1.807, 2.05) is 32.7 Å². The van der Waals surface area contributed by atoms with E-state index in [0.717, 1.165) is 54.7 Å². The third-order valence-electron chi connectivity index (χ3n) is 4.38. The Kier molecular flexibility index (Phi) is 3.82. The number of rotatable bonds is 3. The van der Waals surface area contributed by atoms with Gasteiger partial charge in [-0.2, -0.15) is 0 Å².